The number of methoxy groups -OCH3 is 1. The first-order chi connectivity index (χ1) is 14.0. The van der Waals surface area contributed by atoms with E-state index in [9.17, 15) is 14.0 Å². The Morgan fingerprint density at radius 3 is 2.07 bits per heavy atom. The number of nitrogens with zero attached hydrogens (tertiary/aromatic N) is 2. The summed E-state index contributed by atoms with van der Waals surface area (Å²) in [5.41, 5.74) is 1.89. The molecule has 3 rings (SSSR count). The summed E-state index contributed by atoms with van der Waals surface area (Å²) in [5, 5.41) is 0. The minimum absolute atomic E-state index is 0.0710. The molecule has 0 N–H and O–H groups in total. The molecule has 1 heterocycles. The van der Waals surface area contributed by atoms with Gasteiger partial charge in [-0.05, 0) is 41.8 Å². The van der Waals surface area contributed by atoms with E-state index in [-0.39, 0.29) is 23.5 Å². The predicted octanol–water partition coefficient (Wildman–Crippen LogP) is 2.93. The van der Waals surface area contributed by atoms with Gasteiger partial charge in [-0.3, -0.25) is 9.59 Å². The third-order valence-corrected chi connectivity index (χ3v) is 5.34. The molecule has 0 aromatic heterocycles. The quantitative estimate of drug-likeness (QED) is 0.752. The van der Waals surface area contributed by atoms with Crippen molar-refractivity contribution in [2.75, 3.05) is 33.3 Å². The number of amides is 2. The molecule has 1 aliphatic rings. The number of hydrogen-bond donors (Lipinski definition) is 0. The van der Waals surface area contributed by atoms with Gasteiger partial charge in [0.05, 0.1) is 13.5 Å². The van der Waals surface area contributed by atoms with Crippen LogP contribution in [0.15, 0.2) is 48.5 Å². The van der Waals surface area contributed by atoms with Crippen molar-refractivity contribution in [2.45, 2.75) is 19.8 Å². The van der Waals surface area contributed by atoms with E-state index in [0.717, 1.165) is 16.9 Å². The lowest BCUT2D eigenvalue weighted by Crippen LogP contribution is -2.52. The lowest BCUT2D eigenvalue weighted by Gasteiger charge is -2.36. The van der Waals surface area contributed by atoms with Crippen LogP contribution < -0.4 is 4.74 Å². The fraction of sp³-hybridized carbons (Fsp3) is 0.391. The number of carbonyl (C=O) groups excluding carboxylic acids is 2. The van der Waals surface area contributed by atoms with Crippen molar-refractivity contribution in [2.24, 2.45) is 5.92 Å². The van der Waals surface area contributed by atoms with Gasteiger partial charge in [-0.2, -0.15) is 0 Å². The van der Waals surface area contributed by atoms with Crippen molar-refractivity contribution in [1.29, 1.82) is 0 Å². The summed E-state index contributed by atoms with van der Waals surface area (Å²) in [4.78, 5) is 28.9. The van der Waals surface area contributed by atoms with E-state index >= 15 is 0 Å². The van der Waals surface area contributed by atoms with Crippen LogP contribution in [0.5, 0.6) is 5.75 Å². The number of hydrogen-bond acceptors (Lipinski definition) is 3. The Hall–Kier alpha value is -2.89. The van der Waals surface area contributed by atoms with Crippen LogP contribution in [0.25, 0.3) is 0 Å². The Bertz CT molecular complexity index is 828. The van der Waals surface area contributed by atoms with Crippen LogP contribution in [-0.2, 0) is 22.4 Å². The summed E-state index contributed by atoms with van der Waals surface area (Å²) in [6, 6.07) is 13.8. The van der Waals surface area contributed by atoms with E-state index in [1.165, 1.54) is 12.1 Å². The maximum atomic E-state index is 13.0. The van der Waals surface area contributed by atoms with Gasteiger partial charge in [0.15, 0.2) is 0 Å². The second-order valence-electron chi connectivity index (χ2n) is 7.46. The zero-order valence-electron chi connectivity index (χ0n) is 16.9. The third-order valence-electron chi connectivity index (χ3n) is 5.34. The van der Waals surface area contributed by atoms with Gasteiger partial charge in [-0.1, -0.05) is 31.2 Å². The molecule has 2 aromatic rings. The molecule has 1 unspecified atom stereocenters. The lowest BCUT2D eigenvalue weighted by atomic mass is 9.99. The first kappa shape index (κ1) is 20.8. The normalized spacial score (nSPS) is 15.1. The Labute approximate surface area is 171 Å². The zero-order chi connectivity index (χ0) is 20.8. The van der Waals surface area contributed by atoms with E-state index in [1.807, 2.05) is 41.0 Å². The summed E-state index contributed by atoms with van der Waals surface area (Å²) in [6.45, 7) is 4.07. The van der Waals surface area contributed by atoms with Gasteiger partial charge in [-0.25, -0.2) is 4.39 Å². The fourth-order valence-electron chi connectivity index (χ4n) is 3.58. The molecular weight excluding hydrogens is 371 g/mol. The monoisotopic (exact) mass is 398 g/mol. The summed E-state index contributed by atoms with van der Waals surface area (Å²) in [6.07, 6.45) is 0.925. The third kappa shape index (κ3) is 5.56. The van der Waals surface area contributed by atoms with Crippen molar-refractivity contribution < 1.29 is 18.7 Å². The number of piperazine rings is 1. The zero-order valence-corrected chi connectivity index (χ0v) is 16.9. The summed E-state index contributed by atoms with van der Waals surface area (Å²) in [5.74, 6) is 0.464. The van der Waals surface area contributed by atoms with Crippen molar-refractivity contribution in [1.82, 2.24) is 9.80 Å². The number of benzene rings is 2. The standard InChI is InChI=1S/C23H27FN2O3/c1-17(15-18-3-7-20(24)8-4-18)23(28)26-13-11-25(12-14-26)22(27)16-19-5-9-21(29-2)10-6-19/h3-10,17H,11-16H2,1-2H3. The number of ether oxygens (including phenoxy) is 1. The summed E-state index contributed by atoms with van der Waals surface area (Å²) >= 11 is 0. The molecule has 1 fully saturated rings. The molecule has 2 amide bonds. The molecule has 0 aliphatic carbocycles. The van der Waals surface area contributed by atoms with Crippen molar-refractivity contribution in [3.05, 3.63) is 65.5 Å². The number of halogens is 1. The smallest absolute Gasteiger partial charge is 0.227 e. The molecule has 29 heavy (non-hydrogen) atoms. The molecule has 1 saturated heterocycles. The highest BCUT2D eigenvalue weighted by molar-refractivity contribution is 5.81. The maximum absolute atomic E-state index is 13.0. The van der Waals surface area contributed by atoms with Gasteiger partial charge < -0.3 is 14.5 Å². The topological polar surface area (TPSA) is 49.9 Å². The molecular formula is C23H27FN2O3. The Kier molecular flexibility index (Phi) is 6.86. The first-order valence-electron chi connectivity index (χ1n) is 9.90. The molecule has 0 spiro atoms. The highest BCUT2D eigenvalue weighted by atomic mass is 19.1. The van der Waals surface area contributed by atoms with E-state index < -0.39 is 0 Å². The highest BCUT2D eigenvalue weighted by Crippen LogP contribution is 2.16. The van der Waals surface area contributed by atoms with Gasteiger partial charge in [-0.15, -0.1) is 0 Å². The summed E-state index contributed by atoms with van der Waals surface area (Å²) in [7, 11) is 1.61. The minimum Gasteiger partial charge on any atom is -0.497 e. The molecule has 1 atom stereocenters. The minimum atomic E-state index is -0.275. The molecule has 6 heteroatoms. The average Bonchev–Trinajstić information content (AvgIpc) is 2.75. The average molecular weight is 398 g/mol. The van der Waals surface area contributed by atoms with E-state index in [1.54, 1.807) is 19.2 Å². The predicted molar refractivity (Wildman–Crippen MR) is 109 cm³/mol. The van der Waals surface area contributed by atoms with E-state index in [2.05, 4.69) is 0 Å². The van der Waals surface area contributed by atoms with Crippen LogP contribution >= 0.6 is 0 Å². The van der Waals surface area contributed by atoms with Gasteiger partial charge in [0, 0.05) is 32.1 Å². The Morgan fingerprint density at radius 1 is 0.931 bits per heavy atom. The largest absolute Gasteiger partial charge is 0.497 e. The lowest BCUT2D eigenvalue weighted by molar-refractivity contribution is -0.141. The number of carbonyl (C=O) groups is 2. The molecule has 1 aliphatic heterocycles. The summed E-state index contributed by atoms with van der Waals surface area (Å²) < 4.78 is 18.2. The molecule has 154 valence electrons. The van der Waals surface area contributed by atoms with Crippen LogP contribution in [0.3, 0.4) is 0 Å². The second kappa shape index (κ2) is 9.54. The van der Waals surface area contributed by atoms with Crippen molar-refractivity contribution >= 4 is 11.8 Å². The fourth-order valence-corrected chi connectivity index (χ4v) is 3.58. The molecule has 0 radical (unpaired) electrons. The molecule has 0 saturated carbocycles. The van der Waals surface area contributed by atoms with Crippen LogP contribution in [0.2, 0.25) is 0 Å². The Balaban J connectivity index is 1.47. The van der Waals surface area contributed by atoms with Crippen molar-refractivity contribution in [3.8, 4) is 5.75 Å². The molecule has 5 nitrogen and oxygen atoms in total. The van der Waals surface area contributed by atoms with Gasteiger partial charge in [0.25, 0.3) is 0 Å². The Morgan fingerprint density at radius 2 is 1.48 bits per heavy atom. The van der Waals surface area contributed by atoms with E-state index in [0.29, 0.717) is 39.0 Å². The molecule has 2 aromatic carbocycles. The van der Waals surface area contributed by atoms with Crippen molar-refractivity contribution in [3.63, 3.8) is 0 Å². The van der Waals surface area contributed by atoms with Crippen LogP contribution in [0.1, 0.15) is 18.1 Å². The highest BCUT2D eigenvalue weighted by Gasteiger charge is 2.27. The van der Waals surface area contributed by atoms with Gasteiger partial charge in [0.2, 0.25) is 11.8 Å². The van der Waals surface area contributed by atoms with Crippen LogP contribution in [0, 0.1) is 11.7 Å². The van der Waals surface area contributed by atoms with Gasteiger partial charge >= 0.3 is 0 Å². The second-order valence-corrected chi connectivity index (χ2v) is 7.46. The SMILES string of the molecule is COc1ccc(CC(=O)N2CCN(C(=O)C(C)Cc3ccc(F)cc3)CC2)cc1. The molecule has 0 bridgehead atoms. The van der Waals surface area contributed by atoms with Crippen LogP contribution in [0.4, 0.5) is 4.39 Å². The van der Waals surface area contributed by atoms with E-state index in [4.69, 9.17) is 4.74 Å². The van der Waals surface area contributed by atoms with Crippen LogP contribution in [-0.4, -0.2) is 54.9 Å². The number of rotatable bonds is 6. The maximum Gasteiger partial charge on any atom is 0.227 e. The first-order valence-corrected chi connectivity index (χ1v) is 9.90. The van der Waals surface area contributed by atoms with Gasteiger partial charge in [0.1, 0.15) is 11.6 Å².